The molecule has 2 aromatic rings. The van der Waals surface area contributed by atoms with Crippen molar-refractivity contribution in [2.75, 3.05) is 0 Å². The molecule has 9 heteroatoms. The number of hydrogen-bond donors (Lipinski definition) is 0. The van der Waals surface area contributed by atoms with Crippen LogP contribution in [0.1, 0.15) is 47.1 Å². The van der Waals surface area contributed by atoms with Gasteiger partial charge < -0.3 is 4.74 Å². The van der Waals surface area contributed by atoms with E-state index in [1.165, 1.54) is 31.2 Å². The number of halogens is 4. The lowest BCUT2D eigenvalue weighted by molar-refractivity contribution is -0.138. The quantitative estimate of drug-likeness (QED) is 0.489. The molecular formula is C22H14F4N2O2S. The Labute approximate surface area is 180 Å². The van der Waals surface area contributed by atoms with Crippen LogP contribution in [0, 0.1) is 28.5 Å². The second-order valence-electron chi connectivity index (χ2n) is 7.29. The van der Waals surface area contributed by atoms with Crippen LogP contribution in [0.15, 0.2) is 36.4 Å². The number of nitrogens with zero attached hydrogens (tertiary/aromatic N) is 2. The highest BCUT2D eigenvalue weighted by Crippen LogP contribution is 2.40. The van der Waals surface area contributed by atoms with Crippen LogP contribution in [0.25, 0.3) is 0 Å². The highest BCUT2D eigenvalue weighted by atomic mass is 32.1. The van der Waals surface area contributed by atoms with Gasteiger partial charge in [-0.2, -0.15) is 23.7 Å². The fourth-order valence-electron chi connectivity index (χ4n) is 3.47. The lowest BCUT2D eigenvalue weighted by Crippen LogP contribution is -2.34. The van der Waals surface area contributed by atoms with Gasteiger partial charge in [0.15, 0.2) is 16.4 Å². The van der Waals surface area contributed by atoms with Gasteiger partial charge in [0.25, 0.3) is 0 Å². The van der Waals surface area contributed by atoms with Crippen LogP contribution in [-0.2, 0) is 22.1 Å². The Balaban J connectivity index is 1.86. The van der Waals surface area contributed by atoms with Crippen molar-refractivity contribution in [2.45, 2.75) is 37.5 Å². The minimum atomic E-state index is -4.77. The van der Waals surface area contributed by atoms with E-state index in [0.29, 0.717) is 5.56 Å². The number of Topliss-reactive ketones (excluding diaryl/α,β-unsaturated/α-hetero) is 1. The maximum atomic E-state index is 13.8. The van der Waals surface area contributed by atoms with E-state index in [1.807, 2.05) is 0 Å². The lowest BCUT2D eigenvalue weighted by Gasteiger charge is -2.21. The van der Waals surface area contributed by atoms with E-state index in [1.54, 1.807) is 12.1 Å². The summed E-state index contributed by atoms with van der Waals surface area (Å²) in [6, 6.07) is 10.3. The predicted molar refractivity (Wildman–Crippen MR) is 105 cm³/mol. The number of alkyl halides is 3. The van der Waals surface area contributed by atoms with Crippen molar-refractivity contribution in [1.29, 1.82) is 10.5 Å². The largest absolute Gasteiger partial charge is 0.472 e. The molecule has 0 bridgehead atoms. The van der Waals surface area contributed by atoms with Crippen LogP contribution >= 0.6 is 12.2 Å². The number of nitriles is 2. The Kier molecular flexibility index (Phi) is 5.84. The number of carbonyl (C=O) groups excluding carboxylic acids is 1. The summed E-state index contributed by atoms with van der Waals surface area (Å²) in [4.78, 5) is 13.1. The summed E-state index contributed by atoms with van der Waals surface area (Å²) in [5, 5.41) is 17.6. The van der Waals surface area contributed by atoms with E-state index < -0.39 is 40.4 Å². The van der Waals surface area contributed by atoms with E-state index in [0.717, 1.165) is 12.1 Å². The highest BCUT2D eigenvalue weighted by Gasteiger charge is 2.50. The lowest BCUT2D eigenvalue weighted by atomic mass is 9.84. The van der Waals surface area contributed by atoms with Crippen LogP contribution < -0.4 is 0 Å². The Morgan fingerprint density at radius 3 is 2.35 bits per heavy atom. The summed E-state index contributed by atoms with van der Waals surface area (Å²) < 4.78 is 59.3. The van der Waals surface area contributed by atoms with Gasteiger partial charge in [-0.25, -0.2) is 4.39 Å². The first-order chi connectivity index (χ1) is 14.5. The van der Waals surface area contributed by atoms with Gasteiger partial charge in [-0.15, -0.1) is 0 Å². The number of thiocarbonyl (C=S) groups is 1. The fourth-order valence-corrected chi connectivity index (χ4v) is 3.89. The average molecular weight is 446 g/mol. The third-order valence-corrected chi connectivity index (χ3v) is 5.51. The van der Waals surface area contributed by atoms with Crippen molar-refractivity contribution in [2.24, 2.45) is 0 Å². The van der Waals surface area contributed by atoms with E-state index in [9.17, 15) is 22.4 Å². The standard InChI is InChI=1S/C22H14F4N2O2S/c1-21(7-6-12-2-3-15(11-28)17(23)8-12)19(29)18(20(31)30-21)13-4-5-14(10-27)16(9-13)22(24,25)26/h2-5,8-9,18H,6-7H2,1H3. The minimum Gasteiger partial charge on any atom is -0.472 e. The van der Waals surface area contributed by atoms with E-state index in [-0.39, 0.29) is 29.0 Å². The SMILES string of the molecule is CC1(CCc2ccc(C#N)c(F)c2)OC(=S)C(c2ccc(C#N)c(C(F)(F)F)c2)C1=O. The summed E-state index contributed by atoms with van der Waals surface area (Å²) in [6.07, 6.45) is -4.44. The van der Waals surface area contributed by atoms with Gasteiger partial charge >= 0.3 is 6.18 Å². The Bertz CT molecular complexity index is 1160. The first-order valence-electron chi connectivity index (χ1n) is 9.07. The molecule has 158 valence electrons. The number of rotatable bonds is 4. The third-order valence-electron chi connectivity index (χ3n) is 5.19. The second kappa shape index (κ2) is 8.09. The van der Waals surface area contributed by atoms with E-state index in [2.05, 4.69) is 0 Å². The van der Waals surface area contributed by atoms with Gasteiger partial charge in [-0.3, -0.25) is 4.79 Å². The molecule has 0 spiro atoms. The monoisotopic (exact) mass is 446 g/mol. The molecule has 1 fully saturated rings. The summed E-state index contributed by atoms with van der Waals surface area (Å²) >= 11 is 5.15. The third kappa shape index (κ3) is 4.28. The van der Waals surface area contributed by atoms with Gasteiger partial charge in [0.05, 0.1) is 22.8 Å². The smallest absolute Gasteiger partial charge is 0.417 e. The van der Waals surface area contributed by atoms with Crippen molar-refractivity contribution in [3.05, 3.63) is 70.0 Å². The van der Waals surface area contributed by atoms with Gasteiger partial charge in [0.1, 0.15) is 17.8 Å². The van der Waals surface area contributed by atoms with Crippen molar-refractivity contribution in [3.8, 4) is 12.1 Å². The molecule has 2 atom stereocenters. The molecule has 1 aliphatic heterocycles. The first kappa shape index (κ1) is 22.4. The van der Waals surface area contributed by atoms with Crippen LogP contribution in [0.5, 0.6) is 0 Å². The molecule has 4 nitrogen and oxygen atoms in total. The van der Waals surface area contributed by atoms with Gasteiger partial charge in [0, 0.05) is 0 Å². The molecule has 31 heavy (non-hydrogen) atoms. The number of ketones is 1. The number of ether oxygens (including phenoxy) is 1. The molecule has 2 unspecified atom stereocenters. The Hall–Kier alpha value is -3.30. The van der Waals surface area contributed by atoms with Crippen molar-refractivity contribution >= 4 is 23.1 Å². The molecule has 0 radical (unpaired) electrons. The van der Waals surface area contributed by atoms with Crippen LogP contribution in [0.3, 0.4) is 0 Å². The highest BCUT2D eigenvalue weighted by molar-refractivity contribution is 7.80. The zero-order valence-electron chi connectivity index (χ0n) is 16.1. The summed E-state index contributed by atoms with van der Waals surface area (Å²) in [7, 11) is 0. The second-order valence-corrected chi connectivity index (χ2v) is 7.69. The van der Waals surface area contributed by atoms with Crippen molar-refractivity contribution in [3.63, 3.8) is 0 Å². The predicted octanol–water partition coefficient (Wildman–Crippen LogP) is 4.99. The summed E-state index contributed by atoms with van der Waals surface area (Å²) in [6.45, 7) is 1.48. The van der Waals surface area contributed by atoms with Crippen LogP contribution in [-0.4, -0.2) is 16.4 Å². The van der Waals surface area contributed by atoms with Gasteiger partial charge in [0.2, 0.25) is 0 Å². The van der Waals surface area contributed by atoms with Gasteiger partial charge in [-0.05, 0) is 67.4 Å². The number of benzene rings is 2. The molecule has 3 rings (SSSR count). The summed E-state index contributed by atoms with van der Waals surface area (Å²) in [5.74, 6) is -2.38. The first-order valence-corrected chi connectivity index (χ1v) is 9.48. The van der Waals surface area contributed by atoms with E-state index >= 15 is 0 Å². The normalized spacial score (nSPS) is 20.8. The zero-order valence-corrected chi connectivity index (χ0v) is 16.9. The molecule has 0 N–H and O–H groups in total. The Morgan fingerprint density at radius 1 is 1.13 bits per heavy atom. The zero-order chi connectivity index (χ0) is 23.0. The van der Waals surface area contributed by atoms with Crippen LogP contribution in [0.2, 0.25) is 0 Å². The number of aryl methyl sites for hydroxylation is 1. The molecule has 1 aliphatic rings. The maximum Gasteiger partial charge on any atom is 0.417 e. The molecule has 0 aliphatic carbocycles. The van der Waals surface area contributed by atoms with E-state index in [4.69, 9.17) is 27.5 Å². The fraction of sp³-hybridized carbons (Fsp3) is 0.273. The molecular weight excluding hydrogens is 432 g/mol. The Morgan fingerprint density at radius 2 is 1.77 bits per heavy atom. The molecule has 0 aromatic heterocycles. The molecule has 2 aromatic carbocycles. The molecule has 1 heterocycles. The van der Waals surface area contributed by atoms with Crippen molar-refractivity contribution < 1.29 is 27.1 Å². The van der Waals surface area contributed by atoms with Crippen molar-refractivity contribution in [1.82, 2.24) is 0 Å². The average Bonchev–Trinajstić information content (AvgIpc) is 2.94. The number of carbonyl (C=O) groups is 1. The summed E-state index contributed by atoms with van der Waals surface area (Å²) in [5.41, 5.74) is -2.69. The topological polar surface area (TPSA) is 73.9 Å². The molecule has 0 saturated carbocycles. The van der Waals surface area contributed by atoms with Crippen LogP contribution in [0.4, 0.5) is 17.6 Å². The molecule has 0 amide bonds. The minimum absolute atomic E-state index is 0.00512. The maximum absolute atomic E-state index is 13.8. The molecule has 1 saturated heterocycles. The number of hydrogen-bond acceptors (Lipinski definition) is 5. The van der Waals surface area contributed by atoms with Gasteiger partial charge in [-0.1, -0.05) is 12.1 Å².